The minimum atomic E-state index is -0.775. The van der Waals surface area contributed by atoms with Crippen molar-refractivity contribution in [1.82, 2.24) is 25.2 Å². The predicted molar refractivity (Wildman–Crippen MR) is 170 cm³/mol. The first-order chi connectivity index (χ1) is 21.5. The Hall–Kier alpha value is -4.33. The van der Waals surface area contributed by atoms with E-state index in [-0.39, 0.29) is 29.1 Å². The average molecular weight is 643 g/mol. The molecule has 0 spiro atoms. The molecule has 1 fully saturated rings. The summed E-state index contributed by atoms with van der Waals surface area (Å²) in [5, 5.41) is 2.72. The number of carbonyl (C=O) groups excluding carboxylic acids is 3. The SMILES string of the molecule is Nc1ccnc(SC2=C(C(=O)OC(c3ccccc3)c3ccccc3)N3C(=O)[C@@H](NC(=O)CSc4ccncc4)[C@H]3SC2)n1. The van der Waals surface area contributed by atoms with Crippen molar-refractivity contribution in [2.24, 2.45) is 0 Å². The highest BCUT2D eigenvalue weighted by molar-refractivity contribution is 8.06. The zero-order valence-corrected chi connectivity index (χ0v) is 25.6. The van der Waals surface area contributed by atoms with Gasteiger partial charge in [0.25, 0.3) is 5.91 Å². The normalized spacial score (nSPS) is 17.6. The van der Waals surface area contributed by atoms with Gasteiger partial charge in [-0.2, -0.15) is 0 Å². The lowest BCUT2D eigenvalue weighted by molar-refractivity contribution is -0.154. The van der Waals surface area contributed by atoms with E-state index in [0.29, 0.717) is 15.8 Å². The highest BCUT2D eigenvalue weighted by Gasteiger charge is 2.55. The zero-order valence-electron chi connectivity index (χ0n) is 23.1. The third-order valence-corrected chi connectivity index (χ3v) is 10.2. The van der Waals surface area contributed by atoms with Crippen molar-refractivity contribution in [3.05, 3.63) is 119 Å². The van der Waals surface area contributed by atoms with Crippen LogP contribution in [0.5, 0.6) is 0 Å². The number of thioether (sulfide) groups is 3. The van der Waals surface area contributed by atoms with Gasteiger partial charge in [-0.1, -0.05) is 72.4 Å². The molecule has 222 valence electrons. The van der Waals surface area contributed by atoms with E-state index in [1.165, 1.54) is 34.6 Å². The molecule has 0 bridgehead atoms. The van der Waals surface area contributed by atoms with E-state index >= 15 is 0 Å². The second kappa shape index (κ2) is 13.5. The maximum atomic E-state index is 14.1. The zero-order chi connectivity index (χ0) is 30.5. The van der Waals surface area contributed by atoms with E-state index in [1.807, 2.05) is 72.8 Å². The second-order valence-electron chi connectivity index (χ2n) is 9.67. The summed E-state index contributed by atoms with van der Waals surface area (Å²) < 4.78 is 6.18. The van der Waals surface area contributed by atoms with Crippen LogP contribution in [0, 0.1) is 0 Å². The van der Waals surface area contributed by atoms with Crippen molar-refractivity contribution >= 4 is 58.9 Å². The van der Waals surface area contributed by atoms with Crippen molar-refractivity contribution in [2.75, 3.05) is 17.2 Å². The molecule has 3 N–H and O–H groups in total. The maximum absolute atomic E-state index is 14.1. The van der Waals surface area contributed by atoms with Gasteiger partial charge < -0.3 is 15.8 Å². The lowest BCUT2D eigenvalue weighted by Gasteiger charge is -2.49. The van der Waals surface area contributed by atoms with Gasteiger partial charge in [0.2, 0.25) is 5.91 Å². The summed E-state index contributed by atoms with van der Waals surface area (Å²) in [5.41, 5.74) is 7.56. The monoisotopic (exact) mass is 642 g/mol. The van der Waals surface area contributed by atoms with E-state index in [4.69, 9.17) is 10.5 Å². The largest absolute Gasteiger partial charge is 0.448 e. The topological polar surface area (TPSA) is 140 Å². The molecule has 6 rings (SSSR count). The third-order valence-electron chi connectivity index (χ3n) is 6.76. The second-order valence-corrected chi connectivity index (χ2v) is 12.9. The molecule has 4 heterocycles. The van der Waals surface area contributed by atoms with Crippen LogP contribution in [0.1, 0.15) is 17.2 Å². The van der Waals surface area contributed by atoms with Gasteiger partial charge in [0.05, 0.1) is 5.75 Å². The van der Waals surface area contributed by atoms with Gasteiger partial charge in [-0.25, -0.2) is 14.8 Å². The van der Waals surface area contributed by atoms with Crippen molar-refractivity contribution in [2.45, 2.75) is 27.6 Å². The number of amides is 2. The summed E-state index contributed by atoms with van der Waals surface area (Å²) >= 11 is 3.96. The Balaban J connectivity index is 1.26. The molecule has 0 saturated carbocycles. The van der Waals surface area contributed by atoms with Crippen LogP contribution in [0.4, 0.5) is 5.82 Å². The summed E-state index contributed by atoms with van der Waals surface area (Å²) in [4.78, 5) is 55.9. The number of aromatic nitrogens is 3. The van der Waals surface area contributed by atoms with Crippen molar-refractivity contribution in [1.29, 1.82) is 0 Å². The number of hydrogen-bond acceptors (Lipinski definition) is 11. The average Bonchev–Trinajstić information content (AvgIpc) is 3.06. The van der Waals surface area contributed by atoms with Gasteiger partial charge in [0.1, 0.15) is 22.9 Å². The molecule has 0 aliphatic carbocycles. The van der Waals surface area contributed by atoms with Crippen LogP contribution in [0.25, 0.3) is 0 Å². The Bertz CT molecular complexity index is 1660. The van der Waals surface area contributed by atoms with E-state index in [1.54, 1.807) is 18.5 Å². The number of rotatable bonds is 10. The Morgan fingerprint density at radius 3 is 2.34 bits per heavy atom. The van der Waals surface area contributed by atoms with Crippen molar-refractivity contribution < 1.29 is 19.1 Å². The van der Waals surface area contributed by atoms with Gasteiger partial charge in [0, 0.05) is 34.1 Å². The molecular weight excluding hydrogens is 617 g/mol. The lowest BCUT2D eigenvalue weighted by Crippen LogP contribution is -2.70. The van der Waals surface area contributed by atoms with Crippen LogP contribution >= 0.6 is 35.3 Å². The van der Waals surface area contributed by atoms with Crippen LogP contribution in [0.15, 0.2) is 118 Å². The number of ether oxygens (including phenoxy) is 1. The van der Waals surface area contributed by atoms with E-state index in [9.17, 15) is 14.4 Å². The Labute approximate surface area is 266 Å². The van der Waals surface area contributed by atoms with Crippen LogP contribution in [0.3, 0.4) is 0 Å². The standard InChI is InChI=1S/C31H26N6O4S3/c32-23-13-16-34-31(35-23)44-22-17-43-29-25(36-24(38)18-42-21-11-14-33-15-12-21)28(39)37(29)26(22)30(40)41-27(19-7-3-1-4-8-19)20-9-5-2-6-10-20/h1-16,25,27,29H,17-18H2,(H,36,38)(H2,32,34,35)/t25-,29-/m1/s1. The van der Waals surface area contributed by atoms with Gasteiger partial charge in [-0.3, -0.25) is 19.5 Å². The fraction of sp³-hybridized carbons (Fsp3) is 0.161. The van der Waals surface area contributed by atoms with Gasteiger partial charge in [0.15, 0.2) is 11.3 Å². The molecule has 0 radical (unpaired) electrons. The number of pyridine rings is 1. The van der Waals surface area contributed by atoms with E-state index in [0.717, 1.165) is 27.8 Å². The first-order valence-corrected chi connectivity index (χ1v) is 16.4. The molecule has 13 heteroatoms. The number of nitrogens with one attached hydrogen (secondary N) is 1. The summed E-state index contributed by atoms with van der Waals surface area (Å²) in [7, 11) is 0. The number of β-lactam (4-membered cyclic amide) rings is 1. The number of nitrogen functional groups attached to an aromatic ring is 1. The predicted octanol–water partition coefficient (Wildman–Crippen LogP) is 4.28. The third kappa shape index (κ3) is 6.59. The lowest BCUT2D eigenvalue weighted by atomic mass is 10.0. The van der Waals surface area contributed by atoms with Crippen LogP contribution < -0.4 is 11.1 Å². The molecule has 4 aromatic rings. The molecule has 44 heavy (non-hydrogen) atoms. The summed E-state index contributed by atoms with van der Waals surface area (Å²) in [6, 6.07) is 23.3. The fourth-order valence-electron chi connectivity index (χ4n) is 4.72. The molecule has 2 aromatic heterocycles. The number of anilines is 1. The van der Waals surface area contributed by atoms with Gasteiger partial charge >= 0.3 is 5.97 Å². The number of nitrogens with two attached hydrogens (primary N) is 1. The Morgan fingerprint density at radius 2 is 1.68 bits per heavy atom. The maximum Gasteiger partial charge on any atom is 0.356 e. The first-order valence-electron chi connectivity index (χ1n) is 13.5. The first kappa shape index (κ1) is 29.7. The molecule has 2 amide bonds. The molecule has 2 aliphatic heterocycles. The smallest absolute Gasteiger partial charge is 0.356 e. The number of carbonyl (C=O) groups is 3. The molecule has 2 aliphatic rings. The van der Waals surface area contributed by atoms with Crippen LogP contribution in [0.2, 0.25) is 0 Å². The summed E-state index contributed by atoms with van der Waals surface area (Å²) in [6.45, 7) is 0. The molecule has 1 saturated heterocycles. The van der Waals surface area contributed by atoms with E-state index < -0.39 is 23.5 Å². The molecule has 2 aromatic carbocycles. The fourth-order valence-corrected chi connectivity index (χ4v) is 7.81. The number of fused-ring (bicyclic) bond motifs is 1. The number of hydrogen-bond donors (Lipinski definition) is 2. The number of benzene rings is 2. The highest BCUT2D eigenvalue weighted by Crippen LogP contribution is 2.45. The molecule has 2 atom stereocenters. The Morgan fingerprint density at radius 1 is 1.00 bits per heavy atom. The van der Waals surface area contributed by atoms with Crippen molar-refractivity contribution in [3.8, 4) is 0 Å². The van der Waals surface area contributed by atoms with Crippen molar-refractivity contribution in [3.63, 3.8) is 0 Å². The van der Waals surface area contributed by atoms with Crippen LogP contribution in [-0.4, -0.2) is 60.6 Å². The number of esters is 1. The van der Waals surface area contributed by atoms with E-state index in [2.05, 4.69) is 20.3 Å². The van der Waals surface area contributed by atoms with Gasteiger partial charge in [-0.05, 0) is 29.3 Å². The van der Waals surface area contributed by atoms with Crippen LogP contribution in [-0.2, 0) is 19.1 Å². The molecular formula is C31H26N6O4S3. The highest BCUT2D eigenvalue weighted by atomic mass is 32.2. The van der Waals surface area contributed by atoms with Gasteiger partial charge in [-0.15, -0.1) is 23.5 Å². The Kier molecular flexibility index (Phi) is 9.15. The number of nitrogens with zero attached hydrogens (tertiary/aromatic N) is 4. The quantitative estimate of drug-likeness (QED) is 0.111. The summed E-state index contributed by atoms with van der Waals surface area (Å²) in [6.07, 6.45) is 4.14. The minimum absolute atomic E-state index is 0.114. The molecule has 10 nitrogen and oxygen atoms in total. The minimum Gasteiger partial charge on any atom is -0.448 e. The molecule has 0 unspecified atom stereocenters. The summed E-state index contributed by atoms with van der Waals surface area (Å²) in [5.74, 6) is -0.528.